The molecule has 0 bridgehead atoms. The largest absolute Gasteiger partial charge is 0.322 e. The SMILES string of the molecule is CC[C@H](C)c1ccccc1NC(=O)c1ccc(S(=O)(=O)N2CCC(C)CC2)cc1. The van der Waals surface area contributed by atoms with Crippen LogP contribution in [0.1, 0.15) is 61.9 Å². The third kappa shape index (κ3) is 4.87. The number of benzene rings is 2. The summed E-state index contributed by atoms with van der Waals surface area (Å²) in [4.78, 5) is 12.9. The van der Waals surface area contributed by atoms with Gasteiger partial charge in [0.15, 0.2) is 0 Å². The van der Waals surface area contributed by atoms with Crippen molar-refractivity contribution < 1.29 is 13.2 Å². The summed E-state index contributed by atoms with van der Waals surface area (Å²) < 4.78 is 27.2. The number of rotatable bonds is 6. The summed E-state index contributed by atoms with van der Waals surface area (Å²) in [6.07, 6.45) is 2.75. The van der Waals surface area contributed by atoms with Crippen LogP contribution in [-0.4, -0.2) is 31.7 Å². The molecule has 0 unspecified atom stereocenters. The van der Waals surface area contributed by atoms with Gasteiger partial charge in [0.05, 0.1) is 4.90 Å². The summed E-state index contributed by atoms with van der Waals surface area (Å²) in [7, 11) is -3.51. The molecule has 2 aromatic carbocycles. The lowest BCUT2D eigenvalue weighted by molar-refractivity contribution is 0.102. The number of anilines is 1. The number of sulfonamides is 1. The van der Waals surface area contributed by atoms with Crippen LogP contribution in [0.4, 0.5) is 5.69 Å². The molecular formula is C23H30N2O3S. The van der Waals surface area contributed by atoms with E-state index in [2.05, 4.69) is 26.1 Å². The quantitative estimate of drug-likeness (QED) is 0.733. The average molecular weight is 415 g/mol. The van der Waals surface area contributed by atoms with E-state index in [0.717, 1.165) is 30.5 Å². The molecule has 1 N–H and O–H groups in total. The molecule has 0 aliphatic carbocycles. The highest BCUT2D eigenvalue weighted by Gasteiger charge is 2.28. The Balaban J connectivity index is 1.74. The molecule has 156 valence electrons. The molecule has 0 spiro atoms. The van der Waals surface area contributed by atoms with Crippen LogP contribution in [0.2, 0.25) is 0 Å². The molecule has 0 radical (unpaired) electrons. The third-order valence-corrected chi connectivity index (χ3v) is 7.76. The topological polar surface area (TPSA) is 66.5 Å². The molecule has 2 aromatic rings. The number of hydrogen-bond acceptors (Lipinski definition) is 3. The normalized spacial score (nSPS) is 17.1. The predicted octanol–water partition coefficient (Wildman–Crippen LogP) is 4.87. The van der Waals surface area contributed by atoms with Crippen molar-refractivity contribution in [2.24, 2.45) is 5.92 Å². The first-order chi connectivity index (χ1) is 13.8. The van der Waals surface area contributed by atoms with Crippen molar-refractivity contribution in [3.63, 3.8) is 0 Å². The molecule has 1 fully saturated rings. The minimum Gasteiger partial charge on any atom is -0.322 e. The summed E-state index contributed by atoms with van der Waals surface area (Å²) in [6.45, 7) is 7.50. The van der Waals surface area contributed by atoms with Crippen LogP contribution in [0.15, 0.2) is 53.4 Å². The maximum Gasteiger partial charge on any atom is 0.255 e. The van der Waals surface area contributed by atoms with Crippen molar-refractivity contribution in [2.75, 3.05) is 18.4 Å². The summed E-state index contributed by atoms with van der Waals surface area (Å²) in [5.74, 6) is 0.661. The van der Waals surface area contributed by atoms with Gasteiger partial charge < -0.3 is 5.32 Å². The second kappa shape index (κ2) is 9.09. The van der Waals surface area contributed by atoms with E-state index in [0.29, 0.717) is 30.5 Å². The van der Waals surface area contributed by atoms with Gasteiger partial charge >= 0.3 is 0 Å². The number of nitrogens with one attached hydrogen (secondary N) is 1. The van der Waals surface area contributed by atoms with Crippen molar-refractivity contribution in [3.05, 3.63) is 59.7 Å². The molecule has 1 saturated heterocycles. The second-order valence-corrected chi connectivity index (χ2v) is 9.90. The van der Waals surface area contributed by atoms with Gasteiger partial charge in [-0.25, -0.2) is 8.42 Å². The second-order valence-electron chi connectivity index (χ2n) is 7.96. The standard InChI is InChI=1S/C23H30N2O3S/c1-4-18(3)21-7-5-6-8-22(21)24-23(26)19-9-11-20(12-10-19)29(27,28)25-15-13-17(2)14-16-25/h5-12,17-18H,4,13-16H2,1-3H3,(H,24,26)/t18-/m0/s1. The first kappa shape index (κ1) is 21.5. The van der Waals surface area contributed by atoms with Crippen LogP contribution in [0.5, 0.6) is 0 Å². The van der Waals surface area contributed by atoms with Crippen molar-refractivity contribution in [1.29, 1.82) is 0 Å². The Kier molecular flexibility index (Phi) is 6.75. The van der Waals surface area contributed by atoms with Gasteiger partial charge in [0.25, 0.3) is 5.91 Å². The summed E-state index contributed by atoms with van der Waals surface area (Å²) >= 11 is 0. The van der Waals surface area contributed by atoms with Gasteiger partial charge in [-0.3, -0.25) is 4.79 Å². The van der Waals surface area contributed by atoms with E-state index < -0.39 is 10.0 Å². The van der Waals surface area contributed by atoms with E-state index >= 15 is 0 Å². The van der Waals surface area contributed by atoms with Crippen LogP contribution in [-0.2, 0) is 10.0 Å². The van der Waals surface area contributed by atoms with Crippen molar-refractivity contribution in [2.45, 2.75) is 50.8 Å². The lowest BCUT2D eigenvalue weighted by Crippen LogP contribution is -2.37. The zero-order valence-electron chi connectivity index (χ0n) is 17.4. The number of hydrogen-bond donors (Lipinski definition) is 1. The van der Waals surface area contributed by atoms with Gasteiger partial charge in [0.2, 0.25) is 10.0 Å². The monoisotopic (exact) mass is 414 g/mol. The van der Waals surface area contributed by atoms with E-state index in [4.69, 9.17) is 0 Å². The van der Waals surface area contributed by atoms with E-state index in [1.54, 1.807) is 16.4 Å². The fraction of sp³-hybridized carbons (Fsp3) is 0.435. The smallest absolute Gasteiger partial charge is 0.255 e. The molecule has 0 aromatic heterocycles. The number of amides is 1. The van der Waals surface area contributed by atoms with Crippen LogP contribution >= 0.6 is 0 Å². The minimum atomic E-state index is -3.51. The Bertz CT molecular complexity index is 946. The Labute approximate surface area is 174 Å². The molecule has 0 saturated carbocycles. The Hall–Kier alpha value is -2.18. The first-order valence-electron chi connectivity index (χ1n) is 10.3. The number of carbonyl (C=O) groups excluding carboxylic acids is 1. The Morgan fingerprint density at radius 1 is 1.10 bits per heavy atom. The van der Waals surface area contributed by atoms with Crippen molar-refractivity contribution >= 4 is 21.6 Å². The Morgan fingerprint density at radius 3 is 2.34 bits per heavy atom. The molecular weight excluding hydrogens is 384 g/mol. The lowest BCUT2D eigenvalue weighted by atomic mass is 9.97. The predicted molar refractivity (Wildman–Crippen MR) is 117 cm³/mol. The molecule has 5 nitrogen and oxygen atoms in total. The van der Waals surface area contributed by atoms with Crippen LogP contribution in [0.3, 0.4) is 0 Å². The van der Waals surface area contributed by atoms with Gasteiger partial charge in [-0.05, 0) is 67.0 Å². The van der Waals surface area contributed by atoms with Crippen molar-refractivity contribution in [1.82, 2.24) is 4.31 Å². The van der Waals surface area contributed by atoms with Gasteiger partial charge in [-0.1, -0.05) is 39.0 Å². The van der Waals surface area contributed by atoms with E-state index in [9.17, 15) is 13.2 Å². The molecule has 1 atom stereocenters. The summed E-state index contributed by atoms with van der Waals surface area (Å²) in [6, 6.07) is 14.0. The first-order valence-corrected chi connectivity index (χ1v) is 11.8. The molecule has 1 aliphatic rings. The zero-order valence-corrected chi connectivity index (χ0v) is 18.2. The molecule has 1 amide bonds. The number of nitrogens with zero attached hydrogens (tertiary/aromatic N) is 1. The highest BCUT2D eigenvalue weighted by Crippen LogP contribution is 2.27. The van der Waals surface area contributed by atoms with Crippen LogP contribution in [0.25, 0.3) is 0 Å². The number of piperidine rings is 1. The Morgan fingerprint density at radius 2 is 1.72 bits per heavy atom. The molecule has 6 heteroatoms. The van der Waals surface area contributed by atoms with Gasteiger partial charge in [-0.15, -0.1) is 0 Å². The number of carbonyl (C=O) groups is 1. The summed E-state index contributed by atoms with van der Waals surface area (Å²) in [5.41, 5.74) is 2.34. The van der Waals surface area contributed by atoms with Gasteiger partial charge in [0, 0.05) is 24.3 Å². The molecule has 1 heterocycles. The highest BCUT2D eigenvalue weighted by atomic mass is 32.2. The minimum absolute atomic E-state index is 0.239. The maximum atomic E-state index is 12.8. The van der Waals surface area contributed by atoms with E-state index in [1.165, 1.54) is 12.1 Å². The van der Waals surface area contributed by atoms with Gasteiger partial charge in [-0.2, -0.15) is 4.31 Å². The van der Waals surface area contributed by atoms with E-state index in [1.807, 2.05) is 24.3 Å². The summed E-state index contributed by atoms with van der Waals surface area (Å²) in [5, 5.41) is 2.97. The molecule has 3 rings (SSSR count). The van der Waals surface area contributed by atoms with Crippen LogP contribution in [0, 0.1) is 5.92 Å². The fourth-order valence-corrected chi connectivity index (χ4v) is 5.08. The fourth-order valence-electron chi connectivity index (χ4n) is 3.61. The molecule has 29 heavy (non-hydrogen) atoms. The lowest BCUT2D eigenvalue weighted by Gasteiger charge is -2.29. The zero-order chi connectivity index (χ0) is 21.0. The van der Waals surface area contributed by atoms with E-state index in [-0.39, 0.29) is 10.8 Å². The van der Waals surface area contributed by atoms with Crippen LogP contribution < -0.4 is 5.32 Å². The maximum absolute atomic E-state index is 12.8. The highest BCUT2D eigenvalue weighted by molar-refractivity contribution is 7.89. The third-order valence-electron chi connectivity index (χ3n) is 5.85. The van der Waals surface area contributed by atoms with Gasteiger partial charge in [0.1, 0.15) is 0 Å². The number of para-hydroxylation sites is 1. The molecule has 1 aliphatic heterocycles. The average Bonchev–Trinajstić information content (AvgIpc) is 2.74. The van der Waals surface area contributed by atoms with Crippen molar-refractivity contribution in [3.8, 4) is 0 Å².